The van der Waals surface area contributed by atoms with Gasteiger partial charge in [0, 0.05) is 12.1 Å². The van der Waals surface area contributed by atoms with E-state index in [4.69, 9.17) is 0 Å². The quantitative estimate of drug-likeness (QED) is 0.437. The number of benzene rings is 1. The fourth-order valence-corrected chi connectivity index (χ4v) is 1.54. The minimum absolute atomic E-state index is 0.0571. The highest BCUT2D eigenvalue weighted by Crippen LogP contribution is 2.15. The summed E-state index contributed by atoms with van der Waals surface area (Å²) >= 11 is 0. The van der Waals surface area contributed by atoms with E-state index in [2.05, 4.69) is 0 Å². The second kappa shape index (κ2) is 3.70. The maximum atomic E-state index is 12.2. The van der Waals surface area contributed by atoms with Crippen LogP contribution in [0.2, 0.25) is 0 Å². The molecule has 1 aromatic carbocycles. The van der Waals surface area contributed by atoms with Gasteiger partial charge < -0.3 is 0 Å². The number of nitrogens with zero attached hydrogens (tertiary/aromatic N) is 1. The highest BCUT2D eigenvalue weighted by atomic mass is 32.3. The van der Waals surface area contributed by atoms with Crippen LogP contribution in [-0.2, 0) is 16.0 Å². The summed E-state index contributed by atoms with van der Waals surface area (Å²) in [4.78, 5) is 9.61. The molecule has 76 valence electrons. The lowest BCUT2D eigenvalue weighted by Gasteiger charge is -1.96. The van der Waals surface area contributed by atoms with E-state index in [1.807, 2.05) is 0 Å². The topological polar surface area (TPSA) is 77.3 Å². The molecule has 0 radical (unpaired) electrons. The largest absolute Gasteiger partial charge is 0.306 e. The fraction of sp³-hybridized carbons (Fsp3) is 0.143. The molecule has 1 aromatic rings. The fourth-order valence-electron chi connectivity index (χ4n) is 0.959. The molecule has 0 saturated heterocycles. The van der Waals surface area contributed by atoms with Gasteiger partial charge in [0.25, 0.3) is 5.69 Å². The lowest BCUT2D eigenvalue weighted by atomic mass is 10.2. The molecule has 1 rings (SSSR count). The normalized spacial score (nSPS) is 11.2. The summed E-state index contributed by atoms with van der Waals surface area (Å²) in [5.74, 6) is -0.839. The average molecular weight is 219 g/mol. The maximum Gasteiger partial charge on any atom is 0.306 e. The first kappa shape index (κ1) is 10.6. The van der Waals surface area contributed by atoms with Crippen LogP contribution in [0.1, 0.15) is 5.56 Å². The van der Waals surface area contributed by atoms with Gasteiger partial charge >= 0.3 is 10.2 Å². The van der Waals surface area contributed by atoms with Crippen molar-refractivity contribution in [1.82, 2.24) is 0 Å². The Morgan fingerprint density at radius 3 is 2.57 bits per heavy atom. The molecule has 0 heterocycles. The Balaban J connectivity index is 3.01. The summed E-state index contributed by atoms with van der Waals surface area (Å²) in [6, 6.07) is 4.84. The molecule has 0 amide bonds. The minimum Gasteiger partial charge on any atom is -0.258 e. The Labute approximate surface area is 79.5 Å². The molecule has 0 N–H and O–H groups in total. The van der Waals surface area contributed by atoms with E-state index in [0.29, 0.717) is 0 Å². The summed E-state index contributed by atoms with van der Waals surface area (Å²) in [6.07, 6.45) is 0. The third kappa shape index (κ3) is 3.09. The van der Waals surface area contributed by atoms with Gasteiger partial charge in [-0.3, -0.25) is 10.1 Å². The van der Waals surface area contributed by atoms with Gasteiger partial charge in [-0.2, -0.15) is 8.42 Å². The number of nitro benzene ring substituents is 1. The molecule has 0 aliphatic heterocycles. The predicted molar refractivity (Wildman–Crippen MR) is 46.8 cm³/mol. The molecular formula is C7H6FNO4S. The van der Waals surface area contributed by atoms with Crippen LogP contribution in [-0.4, -0.2) is 13.3 Å². The highest BCUT2D eigenvalue weighted by Gasteiger charge is 2.12. The molecular weight excluding hydrogens is 213 g/mol. The molecule has 0 aliphatic rings. The Morgan fingerprint density at radius 2 is 2.07 bits per heavy atom. The zero-order valence-electron chi connectivity index (χ0n) is 6.88. The Kier molecular flexibility index (Phi) is 2.80. The van der Waals surface area contributed by atoms with Crippen LogP contribution in [0.4, 0.5) is 9.57 Å². The average Bonchev–Trinajstić information content (AvgIpc) is 2.01. The van der Waals surface area contributed by atoms with E-state index in [1.165, 1.54) is 18.2 Å². The van der Waals surface area contributed by atoms with Crippen molar-refractivity contribution in [2.75, 3.05) is 0 Å². The van der Waals surface area contributed by atoms with E-state index >= 15 is 0 Å². The lowest BCUT2D eigenvalue weighted by Crippen LogP contribution is -1.97. The Morgan fingerprint density at radius 1 is 1.43 bits per heavy atom. The van der Waals surface area contributed by atoms with Gasteiger partial charge in [0.1, 0.15) is 5.75 Å². The molecule has 0 atom stereocenters. The second-order valence-electron chi connectivity index (χ2n) is 2.61. The van der Waals surface area contributed by atoms with Crippen molar-refractivity contribution >= 4 is 15.9 Å². The zero-order chi connectivity index (χ0) is 10.8. The molecule has 0 aromatic heterocycles. The smallest absolute Gasteiger partial charge is 0.258 e. The van der Waals surface area contributed by atoms with Crippen molar-refractivity contribution in [2.24, 2.45) is 0 Å². The second-order valence-corrected chi connectivity index (χ2v) is 3.98. The molecule has 0 fully saturated rings. The molecule has 0 spiro atoms. The SMILES string of the molecule is O=[N+]([O-])c1cccc(CS(=O)(=O)F)c1. The highest BCUT2D eigenvalue weighted by molar-refractivity contribution is 7.85. The van der Waals surface area contributed by atoms with Crippen molar-refractivity contribution in [2.45, 2.75) is 5.75 Å². The third-order valence-corrected chi connectivity index (χ3v) is 2.14. The third-order valence-electron chi connectivity index (χ3n) is 1.46. The van der Waals surface area contributed by atoms with Crippen molar-refractivity contribution < 1.29 is 17.2 Å². The van der Waals surface area contributed by atoms with Gasteiger partial charge in [0.15, 0.2) is 0 Å². The number of nitro groups is 1. The Bertz CT molecular complexity index is 457. The molecule has 0 unspecified atom stereocenters. The first-order valence-electron chi connectivity index (χ1n) is 3.54. The standard InChI is InChI=1S/C7H6FNO4S/c8-14(12,13)5-6-2-1-3-7(4-6)9(10)11/h1-4H,5H2. The summed E-state index contributed by atoms with van der Waals surface area (Å²) < 4.78 is 32.7. The van der Waals surface area contributed by atoms with Crippen molar-refractivity contribution in [1.29, 1.82) is 0 Å². The minimum atomic E-state index is -4.64. The molecule has 0 bridgehead atoms. The molecule has 5 nitrogen and oxygen atoms in total. The van der Waals surface area contributed by atoms with E-state index in [0.717, 1.165) is 6.07 Å². The maximum absolute atomic E-state index is 12.2. The molecule has 7 heteroatoms. The van der Waals surface area contributed by atoms with Gasteiger partial charge in [-0.1, -0.05) is 12.1 Å². The van der Waals surface area contributed by atoms with E-state index in [9.17, 15) is 22.4 Å². The van der Waals surface area contributed by atoms with Gasteiger partial charge in [-0.05, 0) is 5.56 Å². The van der Waals surface area contributed by atoms with Crippen LogP contribution in [0, 0.1) is 10.1 Å². The van der Waals surface area contributed by atoms with Crippen molar-refractivity contribution in [3.8, 4) is 0 Å². The summed E-state index contributed by atoms with van der Waals surface area (Å²) in [5.41, 5.74) is -0.201. The van der Waals surface area contributed by atoms with Crippen LogP contribution in [0.3, 0.4) is 0 Å². The number of halogens is 1. The predicted octanol–water partition coefficient (Wildman–Crippen LogP) is 1.39. The Hall–Kier alpha value is -1.50. The van der Waals surface area contributed by atoms with Crippen molar-refractivity contribution in [3.63, 3.8) is 0 Å². The first-order valence-corrected chi connectivity index (χ1v) is 5.09. The lowest BCUT2D eigenvalue weighted by molar-refractivity contribution is -0.384. The monoisotopic (exact) mass is 219 g/mol. The van der Waals surface area contributed by atoms with Crippen LogP contribution >= 0.6 is 0 Å². The number of non-ortho nitro benzene ring substituents is 1. The van der Waals surface area contributed by atoms with Crippen LogP contribution < -0.4 is 0 Å². The van der Waals surface area contributed by atoms with Crippen LogP contribution in [0.5, 0.6) is 0 Å². The molecule has 0 aliphatic carbocycles. The molecule has 0 saturated carbocycles. The van der Waals surface area contributed by atoms with Crippen molar-refractivity contribution in [3.05, 3.63) is 39.9 Å². The summed E-state index contributed by atoms with van der Waals surface area (Å²) in [5, 5.41) is 10.3. The van der Waals surface area contributed by atoms with Crippen LogP contribution in [0.15, 0.2) is 24.3 Å². The summed E-state index contributed by atoms with van der Waals surface area (Å²) in [7, 11) is -4.64. The zero-order valence-corrected chi connectivity index (χ0v) is 7.70. The van der Waals surface area contributed by atoms with E-state index < -0.39 is 20.9 Å². The van der Waals surface area contributed by atoms with Gasteiger partial charge in [-0.25, -0.2) is 0 Å². The summed E-state index contributed by atoms with van der Waals surface area (Å²) in [6.45, 7) is 0. The van der Waals surface area contributed by atoms with Gasteiger partial charge in [0.2, 0.25) is 0 Å². The van der Waals surface area contributed by atoms with Gasteiger partial charge in [-0.15, -0.1) is 3.89 Å². The number of hydrogen-bond donors (Lipinski definition) is 0. The van der Waals surface area contributed by atoms with Gasteiger partial charge in [0.05, 0.1) is 4.92 Å². The first-order chi connectivity index (χ1) is 6.38. The van der Waals surface area contributed by atoms with E-state index in [1.54, 1.807) is 0 Å². The van der Waals surface area contributed by atoms with E-state index in [-0.39, 0.29) is 11.3 Å². The number of hydrogen-bond acceptors (Lipinski definition) is 4. The molecule has 14 heavy (non-hydrogen) atoms. The van der Waals surface area contributed by atoms with Crippen LogP contribution in [0.25, 0.3) is 0 Å². The number of rotatable bonds is 3.